The van der Waals surface area contributed by atoms with E-state index in [1.54, 1.807) is 24.3 Å². The van der Waals surface area contributed by atoms with E-state index in [1.165, 1.54) is 0 Å². The Kier molecular flexibility index (Phi) is 5.92. The van der Waals surface area contributed by atoms with Crippen molar-refractivity contribution in [2.45, 2.75) is 19.8 Å². The van der Waals surface area contributed by atoms with E-state index in [2.05, 4.69) is 10.3 Å². The third-order valence-corrected chi connectivity index (χ3v) is 3.95. The molecule has 1 aromatic rings. The molecule has 2 atom stereocenters. The summed E-state index contributed by atoms with van der Waals surface area (Å²) in [7, 11) is 1.64. The number of hydrogen-bond acceptors (Lipinski definition) is 4. The topological polar surface area (TPSA) is 91.8 Å². The molecule has 23 heavy (non-hydrogen) atoms. The Morgan fingerprint density at radius 1 is 1.48 bits per heavy atom. The van der Waals surface area contributed by atoms with Crippen LogP contribution < -0.4 is 5.32 Å². The molecule has 2 amide bonds. The molecule has 7 nitrogen and oxygen atoms in total. The van der Waals surface area contributed by atoms with Crippen molar-refractivity contribution in [3.05, 3.63) is 23.9 Å². The summed E-state index contributed by atoms with van der Waals surface area (Å²) in [5.41, 5.74) is 1.02. The number of aromatic nitrogens is 1. The van der Waals surface area contributed by atoms with E-state index in [0.29, 0.717) is 25.4 Å². The quantitative estimate of drug-likeness (QED) is 0.863. The maximum absolute atomic E-state index is 12.4. The summed E-state index contributed by atoms with van der Waals surface area (Å²) in [5, 5.41) is 11.9. The van der Waals surface area contributed by atoms with Crippen LogP contribution in [0, 0.1) is 11.8 Å². The Bertz CT molecular complexity index is 564. The van der Waals surface area contributed by atoms with Crippen molar-refractivity contribution in [2.75, 3.05) is 32.1 Å². The van der Waals surface area contributed by atoms with Crippen LogP contribution in [0.5, 0.6) is 0 Å². The molecule has 1 fully saturated rings. The number of nitrogens with one attached hydrogen (secondary N) is 1. The molecule has 1 aliphatic heterocycles. The lowest BCUT2D eigenvalue weighted by molar-refractivity contribution is -0.143. The number of carbonyl (C=O) groups is 2. The van der Waals surface area contributed by atoms with Gasteiger partial charge in [0.1, 0.15) is 5.82 Å². The fraction of sp³-hybridized carbons (Fsp3) is 0.562. The van der Waals surface area contributed by atoms with Gasteiger partial charge in [-0.15, -0.1) is 0 Å². The predicted octanol–water partition coefficient (Wildman–Crippen LogP) is 1.84. The fourth-order valence-corrected chi connectivity index (χ4v) is 2.80. The molecular formula is C16H23N3O4. The number of hydrogen-bond donors (Lipinski definition) is 2. The maximum atomic E-state index is 12.4. The third-order valence-electron chi connectivity index (χ3n) is 3.95. The lowest BCUT2D eigenvalue weighted by atomic mass is 9.91. The first-order chi connectivity index (χ1) is 11.0. The Morgan fingerprint density at radius 3 is 2.96 bits per heavy atom. The number of ether oxygens (including phenoxy) is 1. The van der Waals surface area contributed by atoms with E-state index in [-0.39, 0.29) is 18.5 Å². The van der Waals surface area contributed by atoms with Crippen molar-refractivity contribution in [1.82, 2.24) is 9.88 Å². The molecule has 2 rings (SSSR count). The fourth-order valence-electron chi connectivity index (χ4n) is 2.80. The molecule has 2 N–H and O–H groups in total. The van der Waals surface area contributed by atoms with Crippen LogP contribution in [0.2, 0.25) is 0 Å². The van der Waals surface area contributed by atoms with Crippen molar-refractivity contribution in [2.24, 2.45) is 11.8 Å². The van der Waals surface area contributed by atoms with Crippen LogP contribution >= 0.6 is 0 Å². The molecule has 0 radical (unpaired) electrons. The van der Waals surface area contributed by atoms with Gasteiger partial charge < -0.3 is 14.7 Å². The molecule has 7 heteroatoms. The zero-order valence-electron chi connectivity index (χ0n) is 13.5. The van der Waals surface area contributed by atoms with Crippen LogP contribution in [0.3, 0.4) is 0 Å². The number of aliphatic carboxylic acids is 1. The zero-order valence-corrected chi connectivity index (χ0v) is 13.5. The smallest absolute Gasteiger partial charge is 0.323 e. The highest BCUT2D eigenvalue weighted by atomic mass is 16.5. The van der Waals surface area contributed by atoms with E-state index in [1.807, 2.05) is 13.0 Å². The molecule has 0 saturated carbocycles. The van der Waals surface area contributed by atoms with Gasteiger partial charge in [0.2, 0.25) is 0 Å². The number of carboxylic acid groups (broad SMARTS) is 1. The second-order valence-corrected chi connectivity index (χ2v) is 6.00. The normalized spacial score (nSPS) is 21.0. The van der Waals surface area contributed by atoms with Crippen LogP contribution in [0.1, 0.15) is 18.9 Å². The average molecular weight is 321 g/mol. The minimum atomic E-state index is -0.853. The van der Waals surface area contributed by atoms with Crippen molar-refractivity contribution in [3.63, 3.8) is 0 Å². The van der Waals surface area contributed by atoms with Crippen LogP contribution in [0.15, 0.2) is 18.3 Å². The van der Waals surface area contributed by atoms with E-state index in [9.17, 15) is 14.7 Å². The van der Waals surface area contributed by atoms with E-state index in [4.69, 9.17) is 4.74 Å². The number of carboxylic acids is 1. The molecule has 1 aliphatic rings. The highest BCUT2D eigenvalue weighted by Gasteiger charge is 2.31. The minimum Gasteiger partial charge on any atom is -0.481 e. The molecule has 1 aromatic heterocycles. The molecule has 0 aliphatic carbocycles. The van der Waals surface area contributed by atoms with Crippen LogP contribution in [-0.2, 0) is 16.0 Å². The molecule has 0 bridgehead atoms. The number of piperidine rings is 1. The summed E-state index contributed by atoms with van der Waals surface area (Å²) in [6.07, 6.45) is 2.98. The van der Waals surface area contributed by atoms with Gasteiger partial charge in [-0.2, -0.15) is 0 Å². The number of carbonyl (C=O) groups excluding carboxylic acids is 1. The number of rotatable bonds is 5. The van der Waals surface area contributed by atoms with Crippen molar-refractivity contribution in [1.29, 1.82) is 0 Å². The summed E-state index contributed by atoms with van der Waals surface area (Å²) in [4.78, 5) is 29.2. The van der Waals surface area contributed by atoms with Gasteiger partial charge in [0, 0.05) is 26.4 Å². The summed E-state index contributed by atoms with van der Waals surface area (Å²) in [6, 6.07) is 3.37. The number of amides is 2. The van der Waals surface area contributed by atoms with Crippen molar-refractivity contribution >= 4 is 17.8 Å². The Hall–Kier alpha value is -2.15. The standard InChI is InChI=1S/C16H23N3O4/c1-11-7-13(15(20)21)10-19(9-11)16(22)18-14-8-12(3-5-17-14)4-6-23-2/h3,5,8,11,13H,4,6-7,9-10H2,1-2H3,(H,20,21)(H,17,18,22). The minimum absolute atomic E-state index is 0.164. The zero-order chi connectivity index (χ0) is 16.8. The largest absolute Gasteiger partial charge is 0.481 e. The second-order valence-electron chi connectivity index (χ2n) is 6.00. The molecule has 0 spiro atoms. The van der Waals surface area contributed by atoms with Gasteiger partial charge >= 0.3 is 12.0 Å². The molecule has 126 valence electrons. The number of pyridine rings is 1. The van der Waals surface area contributed by atoms with Gasteiger partial charge in [-0.05, 0) is 36.5 Å². The summed E-state index contributed by atoms with van der Waals surface area (Å²) in [6.45, 7) is 3.34. The van der Waals surface area contributed by atoms with Crippen molar-refractivity contribution < 1.29 is 19.4 Å². The number of likely N-dealkylation sites (tertiary alicyclic amines) is 1. The van der Waals surface area contributed by atoms with Crippen LogP contribution in [0.4, 0.5) is 10.6 Å². The van der Waals surface area contributed by atoms with E-state index >= 15 is 0 Å². The van der Waals surface area contributed by atoms with E-state index < -0.39 is 11.9 Å². The van der Waals surface area contributed by atoms with Gasteiger partial charge in [0.15, 0.2) is 0 Å². The van der Waals surface area contributed by atoms with Gasteiger partial charge in [0.25, 0.3) is 0 Å². The number of anilines is 1. The highest BCUT2D eigenvalue weighted by molar-refractivity contribution is 5.88. The van der Waals surface area contributed by atoms with Gasteiger partial charge in [-0.1, -0.05) is 6.92 Å². The maximum Gasteiger partial charge on any atom is 0.323 e. The summed E-state index contributed by atoms with van der Waals surface area (Å²) >= 11 is 0. The highest BCUT2D eigenvalue weighted by Crippen LogP contribution is 2.22. The van der Waals surface area contributed by atoms with Gasteiger partial charge in [-0.25, -0.2) is 9.78 Å². The molecule has 1 saturated heterocycles. The number of urea groups is 1. The molecule has 0 aromatic carbocycles. The van der Waals surface area contributed by atoms with Crippen LogP contribution in [0.25, 0.3) is 0 Å². The predicted molar refractivity (Wildman–Crippen MR) is 85.3 cm³/mol. The number of nitrogens with zero attached hydrogens (tertiary/aromatic N) is 2. The average Bonchev–Trinajstić information content (AvgIpc) is 2.52. The van der Waals surface area contributed by atoms with Crippen LogP contribution in [-0.4, -0.2) is 53.8 Å². The SMILES string of the molecule is COCCc1ccnc(NC(=O)N2CC(C)CC(C(=O)O)C2)c1. The Labute approximate surface area is 135 Å². The number of methoxy groups -OCH3 is 1. The summed E-state index contributed by atoms with van der Waals surface area (Å²) < 4.78 is 5.04. The first-order valence-electron chi connectivity index (χ1n) is 7.72. The van der Waals surface area contributed by atoms with E-state index in [0.717, 1.165) is 12.0 Å². The van der Waals surface area contributed by atoms with Gasteiger partial charge in [0.05, 0.1) is 12.5 Å². The lowest BCUT2D eigenvalue weighted by Gasteiger charge is -2.34. The summed E-state index contributed by atoms with van der Waals surface area (Å²) in [5.74, 6) is -0.732. The monoisotopic (exact) mass is 321 g/mol. The lowest BCUT2D eigenvalue weighted by Crippen LogP contribution is -2.47. The third kappa shape index (κ3) is 4.92. The molecule has 2 heterocycles. The second kappa shape index (κ2) is 7.92. The first-order valence-corrected chi connectivity index (χ1v) is 7.72. The van der Waals surface area contributed by atoms with Gasteiger partial charge in [-0.3, -0.25) is 10.1 Å². The Morgan fingerprint density at radius 2 is 2.26 bits per heavy atom. The Balaban J connectivity index is 1.99. The first kappa shape index (κ1) is 17.2. The molecule has 2 unspecified atom stereocenters. The van der Waals surface area contributed by atoms with Crippen molar-refractivity contribution in [3.8, 4) is 0 Å². The molecular weight excluding hydrogens is 298 g/mol.